The lowest BCUT2D eigenvalue weighted by Crippen LogP contribution is -2.32. The molecule has 1 amide bonds. The molecule has 5 nitrogen and oxygen atoms in total. The van der Waals surface area contributed by atoms with Gasteiger partial charge >= 0.3 is 6.09 Å². The van der Waals surface area contributed by atoms with E-state index in [1.165, 1.54) is 7.11 Å². The fourth-order valence-electron chi connectivity index (χ4n) is 1.31. The van der Waals surface area contributed by atoms with E-state index in [-0.39, 0.29) is 0 Å². The Labute approximate surface area is 77.7 Å². The quantitative estimate of drug-likeness (QED) is 0.624. The molecule has 1 aliphatic heterocycles. The lowest BCUT2D eigenvalue weighted by atomic mass is 10.00. The number of rotatable bonds is 3. The van der Waals surface area contributed by atoms with Gasteiger partial charge in [-0.3, -0.25) is 4.84 Å². The number of hydroxylamine groups is 1. The maximum absolute atomic E-state index is 10.6. The van der Waals surface area contributed by atoms with Crippen LogP contribution in [0.1, 0.15) is 12.8 Å². The number of ether oxygens (including phenoxy) is 1. The molecule has 5 heteroatoms. The van der Waals surface area contributed by atoms with Gasteiger partial charge in [0.05, 0.1) is 13.7 Å². The fourth-order valence-corrected chi connectivity index (χ4v) is 1.31. The van der Waals surface area contributed by atoms with Crippen molar-refractivity contribution in [3.8, 4) is 0 Å². The number of nitrogens with one attached hydrogen (secondary N) is 2. The van der Waals surface area contributed by atoms with Crippen LogP contribution in [0.15, 0.2) is 0 Å². The lowest BCUT2D eigenvalue weighted by molar-refractivity contribution is 0.0111. The number of carbonyl (C=O) groups is 1. The second-order valence-corrected chi connectivity index (χ2v) is 3.10. The van der Waals surface area contributed by atoms with Gasteiger partial charge in [-0.2, -0.15) is 5.48 Å². The number of piperidine rings is 1. The van der Waals surface area contributed by atoms with E-state index < -0.39 is 6.09 Å². The topological polar surface area (TPSA) is 59.6 Å². The van der Waals surface area contributed by atoms with Crippen LogP contribution in [0, 0.1) is 5.92 Å². The van der Waals surface area contributed by atoms with E-state index in [4.69, 9.17) is 4.84 Å². The molecule has 1 aliphatic rings. The van der Waals surface area contributed by atoms with Gasteiger partial charge in [0, 0.05) is 0 Å². The molecule has 0 aromatic carbocycles. The molecule has 0 aliphatic carbocycles. The normalized spacial score (nSPS) is 18.2. The van der Waals surface area contributed by atoms with Crippen LogP contribution in [-0.4, -0.2) is 32.9 Å². The molecule has 76 valence electrons. The Balaban J connectivity index is 2.01. The first kappa shape index (κ1) is 10.3. The van der Waals surface area contributed by atoms with Gasteiger partial charge in [-0.05, 0) is 31.8 Å². The van der Waals surface area contributed by atoms with Crippen molar-refractivity contribution in [3.05, 3.63) is 0 Å². The van der Waals surface area contributed by atoms with Crippen LogP contribution >= 0.6 is 0 Å². The van der Waals surface area contributed by atoms with Crippen LogP contribution < -0.4 is 10.8 Å². The summed E-state index contributed by atoms with van der Waals surface area (Å²) in [5.41, 5.74) is 2.20. The van der Waals surface area contributed by atoms with Gasteiger partial charge in [0.15, 0.2) is 0 Å². The van der Waals surface area contributed by atoms with E-state index in [0.29, 0.717) is 12.5 Å². The predicted molar refractivity (Wildman–Crippen MR) is 47.1 cm³/mol. The summed E-state index contributed by atoms with van der Waals surface area (Å²) >= 11 is 0. The number of methoxy groups -OCH3 is 1. The number of amides is 1. The first-order valence-corrected chi connectivity index (χ1v) is 4.49. The molecule has 1 saturated heterocycles. The molecule has 1 heterocycles. The molecule has 0 bridgehead atoms. The molecular weight excluding hydrogens is 172 g/mol. The summed E-state index contributed by atoms with van der Waals surface area (Å²) < 4.78 is 4.35. The van der Waals surface area contributed by atoms with E-state index >= 15 is 0 Å². The molecule has 0 aromatic heterocycles. The van der Waals surface area contributed by atoms with Gasteiger partial charge in [0.1, 0.15) is 0 Å². The third kappa shape index (κ3) is 4.10. The van der Waals surface area contributed by atoms with Crippen molar-refractivity contribution in [2.75, 3.05) is 26.8 Å². The van der Waals surface area contributed by atoms with Crippen LogP contribution in [0.5, 0.6) is 0 Å². The molecule has 0 atom stereocenters. The van der Waals surface area contributed by atoms with Crippen molar-refractivity contribution in [2.45, 2.75) is 12.8 Å². The highest BCUT2D eigenvalue weighted by Gasteiger charge is 2.13. The second-order valence-electron chi connectivity index (χ2n) is 3.10. The predicted octanol–water partition coefficient (Wildman–Crippen LogP) is 0.274. The Morgan fingerprint density at radius 1 is 1.54 bits per heavy atom. The largest absolute Gasteiger partial charge is 0.451 e. The zero-order chi connectivity index (χ0) is 9.52. The zero-order valence-electron chi connectivity index (χ0n) is 7.84. The average molecular weight is 188 g/mol. The van der Waals surface area contributed by atoms with Crippen LogP contribution in [0.4, 0.5) is 4.79 Å². The highest BCUT2D eigenvalue weighted by molar-refractivity contribution is 5.65. The molecule has 0 spiro atoms. The first-order chi connectivity index (χ1) is 6.33. The Morgan fingerprint density at radius 3 is 2.85 bits per heavy atom. The smallest absolute Gasteiger partial charge is 0.431 e. The van der Waals surface area contributed by atoms with E-state index in [0.717, 1.165) is 25.9 Å². The number of hydrogen-bond donors (Lipinski definition) is 2. The standard InChI is InChI=1S/C8H16N2O3/c1-12-8(11)10-13-6-7-2-4-9-5-3-7/h7,9H,2-6H2,1H3,(H,10,11). The van der Waals surface area contributed by atoms with Crippen LogP contribution in [0.3, 0.4) is 0 Å². The molecule has 2 N–H and O–H groups in total. The zero-order valence-corrected chi connectivity index (χ0v) is 7.84. The summed E-state index contributed by atoms with van der Waals surface area (Å²) in [6.07, 6.45) is 1.65. The van der Waals surface area contributed by atoms with E-state index in [2.05, 4.69) is 15.5 Å². The Kier molecular flexibility index (Phi) is 4.56. The number of hydrogen-bond acceptors (Lipinski definition) is 4. The summed E-state index contributed by atoms with van der Waals surface area (Å²) in [7, 11) is 1.31. The maximum Gasteiger partial charge on any atom is 0.431 e. The summed E-state index contributed by atoms with van der Waals surface area (Å²) in [5.74, 6) is 0.540. The van der Waals surface area contributed by atoms with Crippen molar-refractivity contribution < 1.29 is 14.4 Å². The summed E-state index contributed by atoms with van der Waals surface area (Å²) in [5, 5.41) is 3.26. The van der Waals surface area contributed by atoms with Gasteiger partial charge in [0.25, 0.3) is 0 Å². The molecule has 1 fully saturated rings. The molecule has 0 aromatic rings. The first-order valence-electron chi connectivity index (χ1n) is 4.49. The average Bonchev–Trinajstić information content (AvgIpc) is 2.19. The molecule has 0 saturated carbocycles. The van der Waals surface area contributed by atoms with Crippen molar-refractivity contribution in [3.63, 3.8) is 0 Å². The fraction of sp³-hybridized carbons (Fsp3) is 0.875. The minimum atomic E-state index is -0.547. The Morgan fingerprint density at radius 2 is 2.23 bits per heavy atom. The molecule has 13 heavy (non-hydrogen) atoms. The van der Waals surface area contributed by atoms with Crippen molar-refractivity contribution in [1.82, 2.24) is 10.8 Å². The molecule has 0 unspecified atom stereocenters. The van der Waals surface area contributed by atoms with Gasteiger partial charge in [0.2, 0.25) is 0 Å². The molecular formula is C8H16N2O3. The van der Waals surface area contributed by atoms with E-state index in [1.54, 1.807) is 0 Å². The lowest BCUT2D eigenvalue weighted by Gasteiger charge is -2.21. The molecule has 1 rings (SSSR count). The van der Waals surface area contributed by atoms with E-state index in [1.807, 2.05) is 0 Å². The van der Waals surface area contributed by atoms with Gasteiger partial charge in [-0.25, -0.2) is 4.79 Å². The monoisotopic (exact) mass is 188 g/mol. The molecule has 0 radical (unpaired) electrons. The van der Waals surface area contributed by atoms with Crippen molar-refractivity contribution in [2.24, 2.45) is 5.92 Å². The third-order valence-electron chi connectivity index (χ3n) is 2.12. The summed E-state index contributed by atoms with van der Waals surface area (Å²) in [6, 6.07) is 0. The van der Waals surface area contributed by atoms with Gasteiger partial charge in [-0.1, -0.05) is 0 Å². The number of carbonyl (C=O) groups excluding carboxylic acids is 1. The highest BCUT2D eigenvalue weighted by atomic mass is 16.7. The maximum atomic E-state index is 10.6. The minimum Gasteiger partial charge on any atom is -0.451 e. The minimum absolute atomic E-state index is 0.540. The van der Waals surface area contributed by atoms with Crippen molar-refractivity contribution >= 4 is 6.09 Å². The second kappa shape index (κ2) is 5.77. The Hall–Kier alpha value is -0.810. The summed E-state index contributed by atoms with van der Waals surface area (Å²) in [4.78, 5) is 15.6. The van der Waals surface area contributed by atoms with Crippen LogP contribution in [0.2, 0.25) is 0 Å². The van der Waals surface area contributed by atoms with E-state index in [9.17, 15) is 4.79 Å². The summed E-state index contributed by atoms with van der Waals surface area (Å²) in [6.45, 7) is 2.63. The Bertz CT molecular complexity index is 157. The van der Waals surface area contributed by atoms with Crippen LogP contribution in [0.25, 0.3) is 0 Å². The van der Waals surface area contributed by atoms with Crippen LogP contribution in [-0.2, 0) is 9.57 Å². The highest BCUT2D eigenvalue weighted by Crippen LogP contribution is 2.10. The van der Waals surface area contributed by atoms with Gasteiger partial charge < -0.3 is 10.1 Å². The van der Waals surface area contributed by atoms with Gasteiger partial charge in [-0.15, -0.1) is 0 Å². The SMILES string of the molecule is COC(=O)NOCC1CCNCC1. The van der Waals surface area contributed by atoms with Crippen molar-refractivity contribution in [1.29, 1.82) is 0 Å². The third-order valence-corrected chi connectivity index (χ3v) is 2.12.